The van der Waals surface area contributed by atoms with Crippen molar-refractivity contribution >= 4 is 21.7 Å². The molecule has 2 heteroatoms. The highest BCUT2D eigenvalue weighted by Crippen LogP contribution is 2.38. The first-order chi connectivity index (χ1) is 7.52. The zero-order chi connectivity index (χ0) is 11.8. The van der Waals surface area contributed by atoms with Crippen LogP contribution in [0.4, 0.5) is 0 Å². The van der Waals surface area contributed by atoms with Gasteiger partial charge < -0.3 is 0 Å². The fraction of sp³-hybridized carbons (Fsp3) is 0.357. The van der Waals surface area contributed by atoms with Crippen LogP contribution >= 0.6 is 15.9 Å². The number of rotatable bonds is 1. The molecule has 1 nitrogen and oxygen atoms in total. The molecule has 0 saturated heterocycles. The smallest absolute Gasteiger partial charge is 0.155 e. The molecule has 0 spiro atoms. The predicted molar refractivity (Wildman–Crippen MR) is 69.4 cm³/mol. The minimum Gasteiger partial charge on any atom is -0.295 e. The van der Waals surface area contributed by atoms with E-state index >= 15 is 0 Å². The zero-order valence-corrected chi connectivity index (χ0v) is 11.1. The molecule has 2 atom stereocenters. The van der Waals surface area contributed by atoms with Gasteiger partial charge in [0.25, 0.3) is 0 Å². The topological polar surface area (TPSA) is 17.1 Å². The highest BCUT2D eigenvalue weighted by Gasteiger charge is 2.34. The minimum atomic E-state index is -0.0192. The van der Waals surface area contributed by atoms with Crippen LogP contribution in [0.3, 0.4) is 0 Å². The van der Waals surface area contributed by atoms with Crippen molar-refractivity contribution in [2.24, 2.45) is 5.92 Å². The summed E-state index contributed by atoms with van der Waals surface area (Å²) in [5.74, 6) is 0.591. The number of carbonyl (C=O) groups is 1. The van der Waals surface area contributed by atoms with E-state index in [4.69, 9.17) is 0 Å². The average Bonchev–Trinajstić information content (AvgIpc) is 2.25. The van der Waals surface area contributed by atoms with Crippen molar-refractivity contribution in [1.82, 2.24) is 0 Å². The summed E-state index contributed by atoms with van der Waals surface area (Å²) in [4.78, 5) is 11.4. The Bertz CT molecular complexity index is 433. The third-order valence-corrected chi connectivity index (χ3v) is 4.14. The molecule has 0 radical (unpaired) electrons. The van der Waals surface area contributed by atoms with Crippen LogP contribution in [0.15, 0.2) is 40.9 Å². The first-order valence-electron chi connectivity index (χ1n) is 5.50. The van der Waals surface area contributed by atoms with E-state index in [-0.39, 0.29) is 11.2 Å². The first-order valence-corrected chi connectivity index (χ1v) is 6.30. The summed E-state index contributed by atoms with van der Waals surface area (Å²) in [6, 6.07) is 8.36. The van der Waals surface area contributed by atoms with Crippen molar-refractivity contribution in [3.63, 3.8) is 0 Å². The number of hydrogen-bond acceptors (Lipinski definition) is 1. The van der Waals surface area contributed by atoms with Gasteiger partial charge in [0.15, 0.2) is 5.78 Å². The molecule has 2 rings (SSSR count). The van der Waals surface area contributed by atoms with Gasteiger partial charge in [-0.05, 0) is 29.7 Å². The molecule has 0 N–H and O–H groups in total. The van der Waals surface area contributed by atoms with E-state index < -0.39 is 0 Å². The van der Waals surface area contributed by atoms with Crippen LogP contribution in [0.5, 0.6) is 0 Å². The molecule has 0 saturated carbocycles. The highest BCUT2D eigenvalue weighted by molar-refractivity contribution is 9.10. The first kappa shape index (κ1) is 11.6. The molecule has 1 aromatic rings. The van der Waals surface area contributed by atoms with Gasteiger partial charge >= 0.3 is 0 Å². The monoisotopic (exact) mass is 278 g/mol. The average molecular weight is 279 g/mol. The summed E-state index contributed by atoms with van der Waals surface area (Å²) < 4.78 is 1.09. The number of halogens is 1. The van der Waals surface area contributed by atoms with E-state index in [9.17, 15) is 4.79 Å². The summed E-state index contributed by atoms with van der Waals surface area (Å²) in [5, 5.41) is 0. The molecule has 1 aromatic carbocycles. The summed E-state index contributed by atoms with van der Waals surface area (Å²) in [6.07, 6.45) is 4.41. The van der Waals surface area contributed by atoms with Gasteiger partial charge in [-0.1, -0.05) is 48.0 Å². The van der Waals surface area contributed by atoms with Crippen LogP contribution in [-0.2, 0) is 10.2 Å². The SMILES string of the molecule is C[C@@H]1CC(=O)C=C[C@@]1(C)c1ccc(Br)cc1. The minimum absolute atomic E-state index is 0.0192. The van der Waals surface area contributed by atoms with Crippen molar-refractivity contribution < 1.29 is 4.79 Å². The zero-order valence-electron chi connectivity index (χ0n) is 9.53. The molecule has 0 fully saturated rings. The van der Waals surface area contributed by atoms with Crippen LogP contribution < -0.4 is 0 Å². The highest BCUT2D eigenvalue weighted by atomic mass is 79.9. The Morgan fingerprint density at radius 1 is 1.31 bits per heavy atom. The number of carbonyl (C=O) groups excluding carboxylic acids is 1. The Morgan fingerprint density at radius 2 is 1.94 bits per heavy atom. The molecular formula is C14H15BrO. The van der Waals surface area contributed by atoms with Crippen molar-refractivity contribution in [1.29, 1.82) is 0 Å². The number of allylic oxidation sites excluding steroid dienone is 2. The van der Waals surface area contributed by atoms with Crippen LogP contribution in [0, 0.1) is 5.92 Å². The summed E-state index contributed by atoms with van der Waals surface area (Å²) in [5.41, 5.74) is 1.25. The van der Waals surface area contributed by atoms with Gasteiger partial charge in [-0.3, -0.25) is 4.79 Å². The van der Waals surface area contributed by atoms with Gasteiger partial charge in [-0.2, -0.15) is 0 Å². The molecule has 0 bridgehead atoms. The van der Waals surface area contributed by atoms with Gasteiger partial charge in [-0.25, -0.2) is 0 Å². The fourth-order valence-corrected chi connectivity index (χ4v) is 2.47. The van der Waals surface area contributed by atoms with Crippen molar-refractivity contribution in [3.8, 4) is 0 Å². The third-order valence-electron chi connectivity index (χ3n) is 3.61. The van der Waals surface area contributed by atoms with Crippen LogP contribution in [0.25, 0.3) is 0 Å². The van der Waals surface area contributed by atoms with Gasteiger partial charge in [0.1, 0.15) is 0 Å². The van der Waals surface area contributed by atoms with E-state index in [0.717, 1.165) is 4.47 Å². The molecule has 16 heavy (non-hydrogen) atoms. The molecule has 0 unspecified atom stereocenters. The maximum absolute atomic E-state index is 11.4. The fourth-order valence-electron chi connectivity index (χ4n) is 2.20. The standard InChI is InChI=1S/C14H15BrO/c1-10-9-13(16)7-8-14(10,2)11-3-5-12(15)6-4-11/h3-8,10H,9H2,1-2H3/t10-,14-/m1/s1. The second-order valence-electron chi connectivity index (χ2n) is 4.69. The lowest BCUT2D eigenvalue weighted by Gasteiger charge is -2.35. The lowest BCUT2D eigenvalue weighted by molar-refractivity contribution is -0.116. The predicted octanol–water partition coefficient (Wildman–Crippen LogP) is 3.87. The second-order valence-corrected chi connectivity index (χ2v) is 5.61. The molecule has 0 heterocycles. The number of benzene rings is 1. The Labute approximate surface area is 105 Å². The van der Waals surface area contributed by atoms with Gasteiger partial charge in [0.05, 0.1) is 0 Å². The third kappa shape index (κ3) is 1.99. The molecule has 0 aromatic heterocycles. The molecule has 1 aliphatic rings. The quantitative estimate of drug-likeness (QED) is 0.762. The maximum atomic E-state index is 11.4. The Hall–Kier alpha value is -0.890. The van der Waals surface area contributed by atoms with Gasteiger partial charge in [-0.15, -0.1) is 0 Å². The van der Waals surface area contributed by atoms with E-state index in [0.29, 0.717) is 12.3 Å². The van der Waals surface area contributed by atoms with Crippen molar-refractivity contribution in [2.75, 3.05) is 0 Å². The van der Waals surface area contributed by atoms with Crippen LogP contribution in [0.1, 0.15) is 25.8 Å². The van der Waals surface area contributed by atoms with E-state index in [1.54, 1.807) is 6.08 Å². The Kier molecular flexibility index (Phi) is 3.02. The van der Waals surface area contributed by atoms with Crippen molar-refractivity contribution in [2.45, 2.75) is 25.7 Å². The lowest BCUT2D eigenvalue weighted by Crippen LogP contribution is -2.32. The molecule has 1 aliphatic carbocycles. The van der Waals surface area contributed by atoms with E-state index in [2.05, 4.69) is 54.0 Å². The van der Waals surface area contributed by atoms with Crippen molar-refractivity contribution in [3.05, 3.63) is 46.5 Å². The largest absolute Gasteiger partial charge is 0.295 e. The van der Waals surface area contributed by atoms with Crippen LogP contribution in [-0.4, -0.2) is 5.78 Å². The summed E-state index contributed by atoms with van der Waals surface area (Å²) in [7, 11) is 0. The summed E-state index contributed by atoms with van der Waals surface area (Å²) >= 11 is 3.44. The molecule has 0 aliphatic heterocycles. The summed E-state index contributed by atoms with van der Waals surface area (Å²) in [6.45, 7) is 4.34. The normalized spacial score (nSPS) is 29.4. The van der Waals surface area contributed by atoms with E-state index in [1.807, 2.05) is 6.08 Å². The molecule has 0 amide bonds. The Morgan fingerprint density at radius 3 is 2.50 bits per heavy atom. The second kappa shape index (κ2) is 4.17. The molecule has 84 valence electrons. The number of ketones is 1. The van der Waals surface area contributed by atoms with E-state index in [1.165, 1.54) is 5.56 Å². The van der Waals surface area contributed by atoms with Gasteiger partial charge in [0, 0.05) is 16.3 Å². The maximum Gasteiger partial charge on any atom is 0.155 e. The Balaban J connectivity index is 2.41. The molecular weight excluding hydrogens is 264 g/mol. The van der Waals surface area contributed by atoms with Gasteiger partial charge in [0.2, 0.25) is 0 Å². The lowest BCUT2D eigenvalue weighted by atomic mass is 9.68. The number of hydrogen-bond donors (Lipinski definition) is 0. The van der Waals surface area contributed by atoms with Crippen LogP contribution in [0.2, 0.25) is 0 Å².